The Balaban J connectivity index is 2.07. The van der Waals surface area contributed by atoms with Crippen molar-refractivity contribution in [2.45, 2.75) is 43.9 Å². The van der Waals surface area contributed by atoms with E-state index in [0.29, 0.717) is 4.24 Å². The lowest BCUT2D eigenvalue weighted by Gasteiger charge is -2.43. The van der Waals surface area contributed by atoms with Crippen LogP contribution in [0.2, 0.25) is 0 Å². The summed E-state index contributed by atoms with van der Waals surface area (Å²) in [5, 5.41) is 22.3. The van der Waals surface area contributed by atoms with Crippen molar-refractivity contribution in [1.29, 1.82) is 0 Å². The average molecular weight is 346 g/mol. The summed E-state index contributed by atoms with van der Waals surface area (Å²) < 4.78 is 0.679. The van der Waals surface area contributed by atoms with Crippen LogP contribution in [-0.2, 0) is 9.59 Å². The first-order valence-electron chi connectivity index (χ1n) is 7.41. The first-order chi connectivity index (χ1) is 10.4. The van der Waals surface area contributed by atoms with Crippen molar-refractivity contribution >= 4 is 35.4 Å². The first-order valence-corrected chi connectivity index (χ1v) is 9.17. The van der Waals surface area contributed by atoms with E-state index in [1.165, 1.54) is 28.4 Å². The number of carbonyl (C=O) groups is 2. The second kappa shape index (κ2) is 7.25. The van der Waals surface area contributed by atoms with Crippen LogP contribution in [0.15, 0.2) is 9.93 Å². The minimum Gasteiger partial charge on any atom is -0.477 e. The van der Waals surface area contributed by atoms with Gasteiger partial charge in [-0.2, -0.15) is 0 Å². The van der Waals surface area contributed by atoms with Crippen molar-refractivity contribution in [1.82, 2.24) is 10.2 Å². The maximum absolute atomic E-state index is 12.1. The minimum atomic E-state index is -1.08. The van der Waals surface area contributed by atoms with Crippen molar-refractivity contribution in [3.63, 3.8) is 0 Å². The summed E-state index contributed by atoms with van der Waals surface area (Å²) in [6.07, 6.45) is 0.167. The fraction of sp³-hybridized carbons (Fsp3) is 0.714. The van der Waals surface area contributed by atoms with Crippen LogP contribution in [0.1, 0.15) is 27.2 Å². The van der Waals surface area contributed by atoms with E-state index in [9.17, 15) is 19.8 Å². The van der Waals surface area contributed by atoms with Gasteiger partial charge in [0.25, 0.3) is 0 Å². The number of fused-ring (bicyclic) bond motifs is 1. The molecule has 0 aliphatic carbocycles. The molecule has 2 heterocycles. The summed E-state index contributed by atoms with van der Waals surface area (Å²) in [5.74, 6) is -1.87. The third kappa shape index (κ3) is 3.29. The lowest BCUT2D eigenvalue weighted by atomic mass is 9.92. The van der Waals surface area contributed by atoms with Gasteiger partial charge in [0.2, 0.25) is 5.91 Å². The number of amides is 1. The van der Waals surface area contributed by atoms with E-state index in [0.717, 1.165) is 19.5 Å². The highest BCUT2D eigenvalue weighted by Gasteiger charge is 2.57. The molecule has 0 aromatic carbocycles. The van der Waals surface area contributed by atoms with Crippen LogP contribution in [0, 0.1) is 5.92 Å². The predicted octanol–water partition coefficient (Wildman–Crippen LogP) is 1.27. The summed E-state index contributed by atoms with van der Waals surface area (Å²) >= 11 is 2.89. The average Bonchev–Trinajstić information content (AvgIpc) is 2.73. The topological polar surface area (TPSA) is 89.9 Å². The zero-order chi connectivity index (χ0) is 16.4. The normalized spacial score (nSPS) is 26.7. The van der Waals surface area contributed by atoms with Gasteiger partial charge < -0.3 is 15.5 Å². The molecule has 6 nitrogen and oxygen atoms in total. The van der Waals surface area contributed by atoms with E-state index in [4.69, 9.17) is 0 Å². The second-order valence-electron chi connectivity index (χ2n) is 5.49. The number of nitrogens with zero attached hydrogens (tertiary/aromatic N) is 1. The molecule has 0 radical (unpaired) electrons. The highest BCUT2D eigenvalue weighted by Crippen LogP contribution is 2.54. The molecule has 4 atom stereocenters. The van der Waals surface area contributed by atoms with Gasteiger partial charge >= 0.3 is 5.97 Å². The van der Waals surface area contributed by atoms with Gasteiger partial charge in [-0.1, -0.05) is 25.6 Å². The standard InChI is InChI=1S/C14H22N2O4S2/c1-4-15-6-5-7(2)21-14-10(13(19)20)16-11(18)9(8(3)17)12(16)22-14/h7-9,12,15,17H,4-6H2,1-3H3,(H,19,20)/t7?,8?,9?,12-/m1/s1. The first kappa shape index (κ1) is 17.7. The Morgan fingerprint density at radius 2 is 2.18 bits per heavy atom. The van der Waals surface area contributed by atoms with Crippen molar-refractivity contribution < 1.29 is 19.8 Å². The molecule has 8 heteroatoms. The number of carboxylic acid groups (broad SMARTS) is 1. The Bertz CT molecular complexity index is 495. The largest absolute Gasteiger partial charge is 0.477 e. The summed E-state index contributed by atoms with van der Waals surface area (Å²) in [6, 6.07) is 0. The monoisotopic (exact) mass is 346 g/mol. The highest BCUT2D eigenvalue weighted by atomic mass is 32.2. The number of thioether (sulfide) groups is 2. The van der Waals surface area contributed by atoms with E-state index < -0.39 is 18.0 Å². The predicted molar refractivity (Wildman–Crippen MR) is 88.3 cm³/mol. The van der Waals surface area contributed by atoms with Gasteiger partial charge in [0.05, 0.1) is 16.3 Å². The molecule has 22 heavy (non-hydrogen) atoms. The highest BCUT2D eigenvalue weighted by molar-refractivity contribution is 8.23. The number of aliphatic hydroxyl groups excluding tert-OH is 1. The number of hydrogen-bond donors (Lipinski definition) is 3. The Hall–Kier alpha value is -0.700. The van der Waals surface area contributed by atoms with Crippen molar-refractivity contribution in [2.24, 2.45) is 5.92 Å². The van der Waals surface area contributed by atoms with Gasteiger partial charge in [-0.05, 0) is 26.4 Å². The fourth-order valence-electron chi connectivity index (χ4n) is 2.56. The minimum absolute atomic E-state index is 0.0807. The number of aliphatic carboxylic acids is 1. The van der Waals surface area contributed by atoms with E-state index in [2.05, 4.69) is 12.2 Å². The summed E-state index contributed by atoms with van der Waals surface area (Å²) in [5.41, 5.74) is 0.0807. The van der Waals surface area contributed by atoms with Crippen LogP contribution in [0.4, 0.5) is 0 Å². The van der Waals surface area contributed by atoms with E-state index in [-0.39, 0.29) is 22.2 Å². The molecular formula is C14H22N2O4S2. The molecule has 124 valence electrons. The van der Waals surface area contributed by atoms with E-state index in [1.54, 1.807) is 6.92 Å². The Labute approximate surface area is 138 Å². The maximum Gasteiger partial charge on any atom is 0.354 e. The van der Waals surface area contributed by atoms with Crippen molar-refractivity contribution in [3.05, 3.63) is 9.93 Å². The van der Waals surface area contributed by atoms with Crippen molar-refractivity contribution in [3.8, 4) is 0 Å². The molecule has 1 fully saturated rings. The number of β-lactam (4-membered cyclic amide) rings is 1. The lowest BCUT2D eigenvalue weighted by molar-refractivity contribution is -0.156. The molecule has 2 aliphatic rings. The van der Waals surface area contributed by atoms with E-state index in [1.807, 2.05) is 6.92 Å². The zero-order valence-electron chi connectivity index (χ0n) is 12.9. The van der Waals surface area contributed by atoms with Crippen LogP contribution in [0.5, 0.6) is 0 Å². The Morgan fingerprint density at radius 1 is 1.50 bits per heavy atom. The third-order valence-corrected chi connectivity index (χ3v) is 6.53. The van der Waals surface area contributed by atoms with Gasteiger partial charge in [0, 0.05) is 5.25 Å². The molecule has 3 N–H and O–H groups in total. The number of hydrogen-bond acceptors (Lipinski definition) is 6. The molecule has 1 amide bonds. The van der Waals surface area contributed by atoms with Gasteiger partial charge in [-0.25, -0.2) is 4.79 Å². The maximum atomic E-state index is 12.1. The van der Waals surface area contributed by atoms with Gasteiger partial charge in [-0.3, -0.25) is 9.69 Å². The van der Waals surface area contributed by atoms with Crippen LogP contribution in [0.3, 0.4) is 0 Å². The molecule has 0 spiro atoms. The number of nitrogens with one attached hydrogen (secondary N) is 1. The van der Waals surface area contributed by atoms with Gasteiger partial charge in [0.15, 0.2) is 5.70 Å². The quantitative estimate of drug-likeness (QED) is 0.450. The lowest BCUT2D eigenvalue weighted by Crippen LogP contribution is -2.60. The fourth-order valence-corrected chi connectivity index (χ4v) is 5.79. The SMILES string of the molecule is CCNCCC(C)SC1=C(C(=O)O)N2C(=O)C(C(C)O)[C@H]2S1. The number of carbonyl (C=O) groups excluding carboxylic acids is 1. The van der Waals surface area contributed by atoms with Crippen LogP contribution in [-0.4, -0.2) is 56.8 Å². The zero-order valence-corrected chi connectivity index (χ0v) is 14.5. The van der Waals surface area contributed by atoms with Gasteiger partial charge in [0.1, 0.15) is 5.37 Å². The number of rotatable bonds is 8. The molecule has 0 bridgehead atoms. The molecule has 2 aliphatic heterocycles. The molecule has 0 saturated carbocycles. The second-order valence-corrected chi connectivity index (χ2v) is 8.33. The van der Waals surface area contributed by atoms with Crippen LogP contribution in [0.25, 0.3) is 0 Å². The molecule has 0 aromatic heterocycles. The molecule has 0 aromatic rings. The molecule has 3 unspecified atom stereocenters. The number of carboxylic acids is 1. The van der Waals surface area contributed by atoms with Crippen LogP contribution >= 0.6 is 23.5 Å². The number of aliphatic hydroxyl groups is 1. The van der Waals surface area contributed by atoms with Crippen molar-refractivity contribution in [2.75, 3.05) is 13.1 Å². The summed E-state index contributed by atoms with van der Waals surface area (Å²) in [7, 11) is 0. The van der Waals surface area contributed by atoms with Crippen LogP contribution < -0.4 is 5.32 Å². The Kier molecular flexibility index (Phi) is 5.81. The van der Waals surface area contributed by atoms with E-state index >= 15 is 0 Å². The van der Waals surface area contributed by atoms with Gasteiger partial charge in [-0.15, -0.1) is 11.8 Å². The molecule has 1 saturated heterocycles. The summed E-state index contributed by atoms with van der Waals surface area (Å²) in [6.45, 7) is 7.47. The molecular weight excluding hydrogens is 324 g/mol. The summed E-state index contributed by atoms with van der Waals surface area (Å²) in [4.78, 5) is 24.9. The third-order valence-electron chi connectivity index (χ3n) is 3.75. The smallest absolute Gasteiger partial charge is 0.354 e. The Morgan fingerprint density at radius 3 is 2.73 bits per heavy atom. The molecule has 2 rings (SSSR count).